The Labute approximate surface area is 191 Å². The fourth-order valence-electron chi connectivity index (χ4n) is 2.91. The van der Waals surface area contributed by atoms with Gasteiger partial charge in [-0.25, -0.2) is 0 Å². The first-order valence-corrected chi connectivity index (χ1v) is 11.2. The summed E-state index contributed by atoms with van der Waals surface area (Å²) < 4.78 is 1.93. The fraction of sp³-hybridized carbons (Fsp3) is 0.304. The predicted octanol–water partition coefficient (Wildman–Crippen LogP) is 5.04. The quantitative estimate of drug-likeness (QED) is 0.506. The van der Waals surface area contributed by atoms with E-state index in [-0.39, 0.29) is 17.6 Å². The van der Waals surface area contributed by atoms with Gasteiger partial charge in [0.1, 0.15) is 5.54 Å². The SMILES string of the molecule is Cc1cccc(-n2c(SCC(=O)NC(C)(C#N)C(C)C)nnc2-c2ccc(Cl)cc2)c1. The molecular formula is C23H24ClN5OS. The zero-order chi connectivity index (χ0) is 22.6. The number of carbonyl (C=O) groups excluding carboxylic acids is 1. The molecule has 31 heavy (non-hydrogen) atoms. The number of aryl methyl sites for hydroxylation is 1. The minimum Gasteiger partial charge on any atom is -0.337 e. The van der Waals surface area contributed by atoms with Gasteiger partial charge in [-0.1, -0.05) is 49.3 Å². The number of benzene rings is 2. The molecule has 1 N–H and O–H groups in total. The maximum atomic E-state index is 12.6. The van der Waals surface area contributed by atoms with Crippen molar-refractivity contribution in [3.8, 4) is 23.1 Å². The highest BCUT2D eigenvalue weighted by molar-refractivity contribution is 7.99. The normalized spacial score (nSPS) is 12.9. The van der Waals surface area contributed by atoms with Crippen LogP contribution < -0.4 is 5.32 Å². The molecule has 0 aliphatic rings. The van der Waals surface area contributed by atoms with E-state index in [2.05, 4.69) is 21.6 Å². The highest BCUT2D eigenvalue weighted by Crippen LogP contribution is 2.29. The molecule has 0 saturated heterocycles. The van der Waals surface area contributed by atoms with Crippen LogP contribution in [0.5, 0.6) is 0 Å². The molecule has 0 saturated carbocycles. The third-order valence-electron chi connectivity index (χ3n) is 5.11. The number of aromatic nitrogens is 3. The van der Waals surface area contributed by atoms with E-state index in [0.717, 1.165) is 16.8 Å². The van der Waals surface area contributed by atoms with E-state index in [9.17, 15) is 10.1 Å². The van der Waals surface area contributed by atoms with Gasteiger partial charge in [0.05, 0.1) is 11.8 Å². The van der Waals surface area contributed by atoms with E-state index < -0.39 is 5.54 Å². The van der Waals surface area contributed by atoms with Gasteiger partial charge in [-0.05, 0) is 61.7 Å². The molecule has 0 bridgehead atoms. The van der Waals surface area contributed by atoms with E-state index >= 15 is 0 Å². The molecule has 1 unspecified atom stereocenters. The van der Waals surface area contributed by atoms with Crippen molar-refractivity contribution < 1.29 is 4.79 Å². The van der Waals surface area contributed by atoms with Crippen LogP contribution >= 0.6 is 23.4 Å². The third kappa shape index (κ3) is 5.27. The van der Waals surface area contributed by atoms with Crippen LogP contribution in [0.4, 0.5) is 0 Å². The zero-order valence-corrected chi connectivity index (χ0v) is 19.5. The van der Waals surface area contributed by atoms with Crippen molar-refractivity contribution in [2.45, 2.75) is 38.4 Å². The van der Waals surface area contributed by atoms with Gasteiger partial charge >= 0.3 is 0 Å². The number of carbonyl (C=O) groups is 1. The van der Waals surface area contributed by atoms with Crippen LogP contribution in [0, 0.1) is 24.2 Å². The van der Waals surface area contributed by atoms with Crippen LogP contribution in [-0.4, -0.2) is 32.0 Å². The van der Waals surface area contributed by atoms with Crippen LogP contribution in [0.2, 0.25) is 5.02 Å². The molecule has 1 heterocycles. The summed E-state index contributed by atoms with van der Waals surface area (Å²) in [6.45, 7) is 7.56. The maximum absolute atomic E-state index is 12.6. The van der Waals surface area contributed by atoms with E-state index in [1.54, 1.807) is 19.1 Å². The van der Waals surface area contributed by atoms with Crippen molar-refractivity contribution in [3.63, 3.8) is 0 Å². The van der Waals surface area contributed by atoms with Crippen molar-refractivity contribution in [3.05, 3.63) is 59.1 Å². The molecule has 6 nitrogen and oxygen atoms in total. The minimum absolute atomic E-state index is 0.0149. The molecule has 1 amide bonds. The van der Waals surface area contributed by atoms with Gasteiger partial charge in [-0.15, -0.1) is 10.2 Å². The molecule has 2 aromatic carbocycles. The Bertz CT molecular complexity index is 1120. The molecule has 0 radical (unpaired) electrons. The van der Waals surface area contributed by atoms with Crippen LogP contribution in [0.25, 0.3) is 17.1 Å². The molecule has 160 valence electrons. The largest absolute Gasteiger partial charge is 0.337 e. The summed E-state index contributed by atoms with van der Waals surface area (Å²) in [5.74, 6) is 0.539. The lowest BCUT2D eigenvalue weighted by Crippen LogP contribution is -2.49. The summed E-state index contributed by atoms with van der Waals surface area (Å²) in [6, 6.07) is 17.6. The molecule has 1 aromatic heterocycles. The predicted molar refractivity (Wildman–Crippen MR) is 124 cm³/mol. The lowest BCUT2D eigenvalue weighted by molar-refractivity contribution is -0.120. The van der Waals surface area contributed by atoms with Gasteiger partial charge in [-0.3, -0.25) is 9.36 Å². The van der Waals surface area contributed by atoms with Gasteiger partial charge in [0, 0.05) is 16.3 Å². The lowest BCUT2D eigenvalue weighted by Gasteiger charge is -2.27. The molecule has 8 heteroatoms. The second-order valence-corrected chi connectivity index (χ2v) is 9.17. The number of hydrogen-bond donors (Lipinski definition) is 1. The number of thioether (sulfide) groups is 1. The Morgan fingerprint density at radius 1 is 1.26 bits per heavy atom. The molecular weight excluding hydrogens is 430 g/mol. The lowest BCUT2D eigenvalue weighted by atomic mass is 9.90. The van der Waals surface area contributed by atoms with Gasteiger partial charge in [0.25, 0.3) is 0 Å². The summed E-state index contributed by atoms with van der Waals surface area (Å²) in [5, 5.41) is 22.2. The highest BCUT2D eigenvalue weighted by Gasteiger charge is 2.30. The fourth-order valence-corrected chi connectivity index (χ4v) is 3.78. The summed E-state index contributed by atoms with van der Waals surface area (Å²) in [6.07, 6.45) is 0. The Kier molecular flexibility index (Phi) is 7.04. The second-order valence-electron chi connectivity index (χ2n) is 7.79. The number of rotatable bonds is 7. The first kappa shape index (κ1) is 22.9. The molecule has 0 spiro atoms. The number of nitriles is 1. The first-order chi connectivity index (χ1) is 14.7. The standard InChI is InChI=1S/C23H24ClN5OS/c1-15(2)23(4,14-25)26-20(30)13-31-22-28-27-21(17-8-10-18(24)11-9-17)29(22)19-7-5-6-16(3)12-19/h5-12,15H,13H2,1-4H3,(H,26,30). The summed E-state index contributed by atoms with van der Waals surface area (Å²) in [4.78, 5) is 12.6. The Balaban J connectivity index is 1.91. The van der Waals surface area contributed by atoms with E-state index in [1.165, 1.54) is 11.8 Å². The van der Waals surface area contributed by atoms with Crippen molar-refractivity contribution in [1.82, 2.24) is 20.1 Å². The molecule has 1 atom stereocenters. The van der Waals surface area contributed by atoms with Crippen molar-refractivity contribution in [1.29, 1.82) is 5.26 Å². The smallest absolute Gasteiger partial charge is 0.231 e. The molecule has 0 aliphatic carbocycles. The Morgan fingerprint density at radius 3 is 2.58 bits per heavy atom. The summed E-state index contributed by atoms with van der Waals surface area (Å²) >= 11 is 7.32. The topological polar surface area (TPSA) is 83.6 Å². The Morgan fingerprint density at radius 2 is 1.97 bits per heavy atom. The average molecular weight is 454 g/mol. The van der Waals surface area contributed by atoms with E-state index in [4.69, 9.17) is 11.6 Å². The number of nitrogens with one attached hydrogen (secondary N) is 1. The number of nitrogens with zero attached hydrogens (tertiary/aromatic N) is 4. The average Bonchev–Trinajstić information content (AvgIpc) is 3.16. The van der Waals surface area contributed by atoms with Crippen molar-refractivity contribution in [2.24, 2.45) is 5.92 Å². The number of hydrogen-bond acceptors (Lipinski definition) is 5. The summed E-state index contributed by atoms with van der Waals surface area (Å²) in [5.41, 5.74) is 1.95. The van der Waals surface area contributed by atoms with Gasteiger partial charge in [0.2, 0.25) is 5.91 Å². The molecule has 3 aromatic rings. The minimum atomic E-state index is -0.920. The zero-order valence-electron chi connectivity index (χ0n) is 17.9. The monoisotopic (exact) mass is 453 g/mol. The highest BCUT2D eigenvalue weighted by atomic mass is 35.5. The molecule has 3 rings (SSSR count). The van der Waals surface area contributed by atoms with Gasteiger partial charge in [0.15, 0.2) is 11.0 Å². The third-order valence-corrected chi connectivity index (χ3v) is 6.29. The molecule has 0 fully saturated rings. The van der Waals surface area contributed by atoms with Gasteiger partial charge in [-0.2, -0.15) is 5.26 Å². The first-order valence-electron chi connectivity index (χ1n) is 9.87. The summed E-state index contributed by atoms with van der Waals surface area (Å²) in [7, 11) is 0. The van der Waals surface area contributed by atoms with E-state index in [0.29, 0.717) is 16.0 Å². The van der Waals surface area contributed by atoms with Crippen molar-refractivity contribution >= 4 is 29.3 Å². The van der Waals surface area contributed by atoms with E-state index in [1.807, 2.05) is 61.7 Å². The number of halogens is 1. The van der Waals surface area contributed by atoms with Crippen LogP contribution in [0.15, 0.2) is 53.7 Å². The molecule has 0 aliphatic heterocycles. The van der Waals surface area contributed by atoms with Gasteiger partial charge < -0.3 is 5.32 Å². The van der Waals surface area contributed by atoms with Crippen LogP contribution in [0.1, 0.15) is 26.3 Å². The van der Waals surface area contributed by atoms with Crippen molar-refractivity contribution in [2.75, 3.05) is 5.75 Å². The Hall–Kier alpha value is -2.82. The maximum Gasteiger partial charge on any atom is 0.231 e. The van der Waals surface area contributed by atoms with Crippen LogP contribution in [0.3, 0.4) is 0 Å². The number of amides is 1. The second kappa shape index (κ2) is 9.54. The van der Waals surface area contributed by atoms with Crippen LogP contribution in [-0.2, 0) is 4.79 Å².